The van der Waals surface area contributed by atoms with Crippen LogP contribution in [0.2, 0.25) is 0 Å². The lowest BCUT2D eigenvalue weighted by atomic mass is 9.84. The molecule has 4 nitrogen and oxygen atoms in total. The highest BCUT2D eigenvalue weighted by Crippen LogP contribution is 2.26. The first-order valence-corrected chi connectivity index (χ1v) is 6.08. The van der Waals surface area contributed by atoms with E-state index < -0.39 is 0 Å². The van der Waals surface area contributed by atoms with Crippen LogP contribution in [0, 0.1) is 18.3 Å². The molecule has 1 aromatic rings. The molecule has 96 valence electrons. The van der Waals surface area contributed by atoms with E-state index in [2.05, 4.69) is 43.2 Å². The molecule has 1 heterocycles. The molecule has 0 aliphatic carbocycles. The average molecular weight is 237 g/mol. The maximum absolute atomic E-state index is 11.8. The number of aryl methyl sites for hydroxylation is 1. The summed E-state index contributed by atoms with van der Waals surface area (Å²) in [7, 11) is 0. The van der Waals surface area contributed by atoms with Crippen molar-refractivity contribution in [1.29, 1.82) is 0 Å². The molecule has 0 saturated carbocycles. The Morgan fingerprint density at radius 2 is 2.18 bits per heavy atom. The topological polar surface area (TPSA) is 57.8 Å². The zero-order valence-corrected chi connectivity index (χ0v) is 11.4. The summed E-state index contributed by atoms with van der Waals surface area (Å²) in [6.45, 7) is 10.6. The van der Waals surface area contributed by atoms with E-state index in [0.29, 0.717) is 18.2 Å². The van der Waals surface area contributed by atoms with Crippen molar-refractivity contribution >= 4 is 11.7 Å². The quantitative estimate of drug-likeness (QED) is 0.845. The summed E-state index contributed by atoms with van der Waals surface area (Å²) >= 11 is 0. The molecule has 0 radical (unpaired) electrons. The van der Waals surface area contributed by atoms with Gasteiger partial charge in [-0.15, -0.1) is 0 Å². The Balaban J connectivity index is 2.43. The predicted molar refractivity (Wildman–Crippen MR) is 69.8 cm³/mol. The first-order chi connectivity index (χ1) is 7.78. The number of hydrogen-bond acceptors (Lipinski definition) is 2. The van der Waals surface area contributed by atoms with E-state index >= 15 is 0 Å². The monoisotopic (exact) mass is 237 g/mol. The number of rotatable bonds is 4. The van der Waals surface area contributed by atoms with Gasteiger partial charge in [0.2, 0.25) is 5.91 Å². The third kappa shape index (κ3) is 5.02. The molecule has 0 saturated heterocycles. The van der Waals surface area contributed by atoms with Crippen molar-refractivity contribution in [2.45, 2.75) is 47.5 Å². The van der Waals surface area contributed by atoms with Crippen LogP contribution in [-0.2, 0) is 4.79 Å². The van der Waals surface area contributed by atoms with Gasteiger partial charge in [-0.2, -0.15) is 5.10 Å². The lowest BCUT2D eigenvalue weighted by Gasteiger charge is -2.22. The maximum Gasteiger partial charge on any atom is 0.225 e. The third-order valence-corrected chi connectivity index (χ3v) is 2.59. The number of aromatic nitrogens is 2. The Hall–Kier alpha value is -1.32. The minimum atomic E-state index is 0.0501. The van der Waals surface area contributed by atoms with Crippen molar-refractivity contribution in [2.24, 2.45) is 11.3 Å². The minimum absolute atomic E-state index is 0.0501. The molecule has 4 heteroatoms. The first kappa shape index (κ1) is 13.7. The molecule has 0 aromatic carbocycles. The molecule has 1 aromatic heterocycles. The smallest absolute Gasteiger partial charge is 0.225 e. The van der Waals surface area contributed by atoms with Crippen molar-refractivity contribution in [2.75, 3.05) is 5.32 Å². The second-order valence-electron chi connectivity index (χ2n) is 6.05. The molecular weight excluding hydrogens is 214 g/mol. The molecule has 1 rings (SSSR count). The summed E-state index contributed by atoms with van der Waals surface area (Å²) in [4.78, 5) is 11.8. The Morgan fingerprint density at radius 1 is 1.53 bits per heavy atom. The van der Waals surface area contributed by atoms with E-state index in [1.807, 2.05) is 6.92 Å². The zero-order chi connectivity index (χ0) is 13.1. The summed E-state index contributed by atoms with van der Waals surface area (Å²) in [5.41, 5.74) is 1.23. The third-order valence-electron chi connectivity index (χ3n) is 2.59. The van der Waals surface area contributed by atoms with Crippen LogP contribution in [0.25, 0.3) is 0 Å². The maximum atomic E-state index is 11.8. The highest BCUT2D eigenvalue weighted by Gasteiger charge is 2.18. The second-order valence-corrected chi connectivity index (χ2v) is 6.05. The zero-order valence-electron chi connectivity index (χ0n) is 11.4. The lowest BCUT2D eigenvalue weighted by Crippen LogP contribution is -2.19. The Kier molecular flexibility index (Phi) is 4.32. The predicted octanol–water partition coefficient (Wildman–Crippen LogP) is 3.12. The number of anilines is 1. The number of hydrogen-bond donors (Lipinski definition) is 2. The van der Waals surface area contributed by atoms with Gasteiger partial charge in [-0.3, -0.25) is 9.89 Å². The largest absolute Gasteiger partial charge is 0.311 e. The van der Waals surface area contributed by atoms with E-state index in [-0.39, 0.29) is 11.3 Å². The summed E-state index contributed by atoms with van der Waals surface area (Å²) in [6, 6.07) is 0. The van der Waals surface area contributed by atoms with Gasteiger partial charge in [0.1, 0.15) is 5.82 Å². The summed E-state index contributed by atoms with van der Waals surface area (Å²) < 4.78 is 0. The molecule has 17 heavy (non-hydrogen) atoms. The van der Waals surface area contributed by atoms with E-state index in [0.717, 1.165) is 12.0 Å². The van der Waals surface area contributed by atoms with Gasteiger partial charge in [-0.1, -0.05) is 27.7 Å². The first-order valence-electron chi connectivity index (χ1n) is 6.08. The molecule has 2 N–H and O–H groups in total. The van der Waals surface area contributed by atoms with Crippen LogP contribution in [-0.4, -0.2) is 16.1 Å². The number of aromatic amines is 1. The van der Waals surface area contributed by atoms with Gasteiger partial charge in [0.15, 0.2) is 0 Å². The fraction of sp³-hybridized carbons (Fsp3) is 0.692. The fourth-order valence-electron chi connectivity index (χ4n) is 2.10. The van der Waals surface area contributed by atoms with Crippen LogP contribution in [0.3, 0.4) is 0 Å². The van der Waals surface area contributed by atoms with Crippen molar-refractivity contribution in [3.8, 4) is 0 Å². The highest BCUT2D eigenvalue weighted by atomic mass is 16.1. The number of nitrogens with zero attached hydrogens (tertiary/aromatic N) is 1. The fourth-order valence-corrected chi connectivity index (χ4v) is 2.10. The number of amides is 1. The van der Waals surface area contributed by atoms with E-state index in [1.54, 1.807) is 6.20 Å². The molecule has 0 aliphatic heterocycles. The molecule has 1 atom stereocenters. The number of carbonyl (C=O) groups excluding carboxylic acids is 1. The van der Waals surface area contributed by atoms with Gasteiger partial charge >= 0.3 is 0 Å². The number of carbonyl (C=O) groups is 1. The van der Waals surface area contributed by atoms with Crippen LogP contribution in [0.5, 0.6) is 0 Å². The van der Waals surface area contributed by atoms with E-state index in [4.69, 9.17) is 0 Å². The summed E-state index contributed by atoms with van der Waals surface area (Å²) in [5, 5.41) is 9.50. The van der Waals surface area contributed by atoms with Crippen LogP contribution in [0.15, 0.2) is 6.20 Å². The van der Waals surface area contributed by atoms with Gasteiger partial charge in [-0.25, -0.2) is 0 Å². The molecule has 0 spiro atoms. The average Bonchev–Trinajstić information content (AvgIpc) is 2.47. The van der Waals surface area contributed by atoms with Gasteiger partial charge in [0, 0.05) is 12.0 Å². The van der Waals surface area contributed by atoms with Crippen LogP contribution in [0.1, 0.15) is 46.1 Å². The SMILES string of the molecule is Cc1cn[nH]c1NC(=O)CC(C)CC(C)(C)C. The van der Waals surface area contributed by atoms with Gasteiger partial charge in [0.05, 0.1) is 6.20 Å². The van der Waals surface area contributed by atoms with E-state index in [9.17, 15) is 4.79 Å². The lowest BCUT2D eigenvalue weighted by molar-refractivity contribution is -0.117. The Morgan fingerprint density at radius 3 is 2.65 bits per heavy atom. The number of nitrogens with one attached hydrogen (secondary N) is 2. The molecule has 1 unspecified atom stereocenters. The van der Waals surface area contributed by atoms with E-state index in [1.165, 1.54) is 0 Å². The molecular formula is C13H23N3O. The van der Waals surface area contributed by atoms with Crippen LogP contribution >= 0.6 is 0 Å². The normalized spacial score (nSPS) is 13.5. The Bertz CT molecular complexity index is 376. The molecule has 1 amide bonds. The van der Waals surface area contributed by atoms with Crippen molar-refractivity contribution in [3.05, 3.63) is 11.8 Å². The Labute approximate surface area is 103 Å². The highest BCUT2D eigenvalue weighted by molar-refractivity contribution is 5.90. The molecule has 0 aliphatic rings. The van der Waals surface area contributed by atoms with Crippen molar-refractivity contribution < 1.29 is 4.79 Å². The minimum Gasteiger partial charge on any atom is -0.311 e. The number of H-pyrrole nitrogens is 1. The van der Waals surface area contributed by atoms with Gasteiger partial charge in [-0.05, 0) is 24.7 Å². The van der Waals surface area contributed by atoms with Crippen molar-refractivity contribution in [3.63, 3.8) is 0 Å². The van der Waals surface area contributed by atoms with Crippen LogP contribution < -0.4 is 5.32 Å². The molecule has 0 bridgehead atoms. The summed E-state index contributed by atoms with van der Waals surface area (Å²) in [5.74, 6) is 1.14. The van der Waals surface area contributed by atoms with Gasteiger partial charge < -0.3 is 5.32 Å². The molecule has 0 fully saturated rings. The van der Waals surface area contributed by atoms with Crippen molar-refractivity contribution in [1.82, 2.24) is 10.2 Å². The second kappa shape index (κ2) is 5.34. The summed E-state index contributed by atoms with van der Waals surface area (Å²) in [6.07, 6.45) is 3.30. The van der Waals surface area contributed by atoms with Crippen LogP contribution in [0.4, 0.5) is 5.82 Å². The standard InChI is InChI=1S/C13H23N3O/c1-9(7-13(3,4)5)6-11(17)15-12-10(2)8-14-16-12/h8-9H,6-7H2,1-5H3,(H2,14,15,16,17). The van der Waals surface area contributed by atoms with Gasteiger partial charge in [0.25, 0.3) is 0 Å².